The van der Waals surface area contributed by atoms with E-state index < -0.39 is 5.91 Å². The summed E-state index contributed by atoms with van der Waals surface area (Å²) in [6, 6.07) is 18.5. The summed E-state index contributed by atoms with van der Waals surface area (Å²) in [5.41, 5.74) is 2.50. The highest BCUT2D eigenvalue weighted by molar-refractivity contribution is 6.02. The molecule has 0 saturated heterocycles. The Labute approximate surface area is 160 Å². The smallest absolute Gasteiger partial charge is 0.291 e. The Morgan fingerprint density at radius 2 is 1.79 bits per heavy atom. The van der Waals surface area contributed by atoms with Crippen molar-refractivity contribution in [1.82, 2.24) is 9.97 Å². The summed E-state index contributed by atoms with van der Waals surface area (Å²) in [4.78, 5) is 31.2. The molecule has 0 aliphatic carbocycles. The monoisotopic (exact) mass is 371 g/mol. The zero-order valence-electron chi connectivity index (χ0n) is 14.9. The van der Waals surface area contributed by atoms with E-state index in [4.69, 9.17) is 4.42 Å². The molecule has 0 aliphatic heterocycles. The maximum Gasteiger partial charge on any atom is 0.291 e. The van der Waals surface area contributed by atoms with E-state index in [1.54, 1.807) is 36.8 Å². The van der Waals surface area contributed by atoms with Gasteiger partial charge in [-0.15, -0.1) is 0 Å². The van der Waals surface area contributed by atoms with E-state index in [0.29, 0.717) is 12.2 Å². The Morgan fingerprint density at radius 1 is 1.00 bits per heavy atom. The molecule has 6 heteroatoms. The minimum absolute atomic E-state index is 0.152. The van der Waals surface area contributed by atoms with Crippen molar-refractivity contribution in [1.29, 1.82) is 0 Å². The lowest BCUT2D eigenvalue weighted by molar-refractivity contribution is 0.0995. The molecule has 1 amide bonds. The predicted molar refractivity (Wildman–Crippen MR) is 106 cm³/mol. The third-order valence-corrected chi connectivity index (χ3v) is 4.27. The van der Waals surface area contributed by atoms with Crippen LogP contribution in [0, 0.1) is 0 Å². The third-order valence-electron chi connectivity index (χ3n) is 4.27. The number of nitrogens with zero attached hydrogens (tertiary/aromatic N) is 1. The van der Waals surface area contributed by atoms with Crippen LogP contribution in [-0.4, -0.2) is 15.9 Å². The number of H-pyrrole nitrogens is 1. The van der Waals surface area contributed by atoms with E-state index in [0.717, 1.165) is 16.7 Å². The second-order valence-corrected chi connectivity index (χ2v) is 6.25. The molecular weight excluding hydrogens is 354 g/mol. The molecule has 28 heavy (non-hydrogen) atoms. The Hall–Kier alpha value is -3.93. The minimum Gasteiger partial charge on any atom is -0.456 e. The SMILES string of the molecule is O=C(Nc1cc(-c2ccncc2)c[nH]c1=O)c1ccc(Cc2ccccc2)o1. The van der Waals surface area contributed by atoms with Gasteiger partial charge in [0.15, 0.2) is 5.76 Å². The maximum absolute atomic E-state index is 12.5. The number of hydrogen-bond acceptors (Lipinski definition) is 4. The number of furan rings is 1. The molecule has 0 unspecified atom stereocenters. The lowest BCUT2D eigenvalue weighted by Gasteiger charge is -2.06. The largest absolute Gasteiger partial charge is 0.456 e. The molecule has 4 rings (SSSR count). The standard InChI is InChI=1S/C22H17N3O3/c26-21-19(13-17(14-24-21)16-8-10-23-11-9-16)25-22(27)20-7-6-18(28-20)12-15-4-2-1-3-5-15/h1-11,13-14H,12H2,(H,24,26)(H,25,27). The van der Waals surface area contributed by atoms with E-state index >= 15 is 0 Å². The van der Waals surface area contributed by atoms with Gasteiger partial charge in [0.1, 0.15) is 11.4 Å². The summed E-state index contributed by atoms with van der Waals surface area (Å²) in [6.45, 7) is 0. The number of aromatic nitrogens is 2. The van der Waals surface area contributed by atoms with Crippen LogP contribution in [0.25, 0.3) is 11.1 Å². The van der Waals surface area contributed by atoms with Crippen LogP contribution in [0.4, 0.5) is 5.69 Å². The van der Waals surface area contributed by atoms with Crippen molar-refractivity contribution in [3.8, 4) is 11.1 Å². The first-order valence-electron chi connectivity index (χ1n) is 8.76. The van der Waals surface area contributed by atoms with Gasteiger partial charge >= 0.3 is 0 Å². The average molecular weight is 371 g/mol. The summed E-state index contributed by atoms with van der Waals surface area (Å²) in [7, 11) is 0. The Morgan fingerprint density at radius 3 is 2.57 bits per heavy atom. The summed E-state index contributed by atoms with van der Waals surface area (Å²) < 4.78 is 5.64. The number of aromatic amines is 1. The van der Waals surface area contributed by atoms with Gasteiger partial charge in [-0.25, -0.2) is 0 Å². The fraction of sp³-hybridized carbons (Fsp3) is 0.0455. The van der Waals surface area contributed by atoms with Crippen molar-refractivity contribution in [2.45, 2.75) is 6.42 Å². The molecule has 138 valence electrons. The average Bonchev–Trinajstić information content (AvgIpc) is 3.20. The van der Waals surface area contributed by atoms with Crippen LogP contribution < -0.4 is 10.9 Å². The Kier molecular flexibility index (Phi) is 4.84. The lowest BCUT2D eigenvalue weighted by atomic mass is 10.1. The second-order valence-electron chi connectivity index (χ2n) is 6.25. The normalized spacial score (nSPS) is 10.6. The second kappa shape index (κ2) is 7.75. The van der Waals surface area contributed by atoms with Crippen molar-refractivity contribution in [2.75, 3.05) is 5.32 Å². The molecule has 1 aromatic carbocycles. The van der Waals surface area contributed by atoms with E-state index in [2.05, 4.69) is 15.3 Å². The van der Waals surface area contributed by atoms with Gasteiger partial charge in [0.05, 0.1) is 0 Å². The lowest BCUT2D eigenvalue weighted by Crippen LogP contribution is -2.19. The fourth-order valence-corrected chi connectivity index (χ4v) is 2.86. The molecule has 3 heterocycles. The number of rotatable bonds is 5. The highest BCUT2D eigenvalue weighted by Crippen LogP contribution is 2.19. The topological polar surface area (TPSA) is 88.0 Å². The third kappa shape index (κ3) is 3.91. The first-order chi connectivity index (χ1) is 13.7. The first kappa shape index (κ1) is 17.5. The van der Waals surface area contributed by atoms with Crippen molar-refractivity contribution < 1.29 is 9.21 Å². The molecule has 3 aromatic heterocycles. The van der Waals surface area contributed by atoms with Gasteiger partial charge in [-0.05, 0) is 41.5 Å². The van der Waals surface area contributed by atoms with Crippen LogP contribution in [0.3, 0.4) is 0 Å². The Bertz CT molecular complexity index is 1150. The number of hydrogen-bond donors (Lipinski definition) is 2. The summed E-state index contributed by atoms with van der Waals surface area (Å²) >= 11 is 0. The number of carbonyl (C=O) groups excluding carboxylic acids is 1. The molecule has 4 aromatic rings. The van der Waals surface area contributed by atoms with Crippen LogP contribution in [0.1, 0.15) is 21.9 Å². The molecule has 2 N–H and O–H groups in total. The van der Waals surface area contributed by atoms with E-state index in [1.807, 2.05) is 42.5 Å². The van der Waals surface area contributed by atoms with Crippen LogP contribution in [-0.2, 0) is 6.42 Å². The number of pyridine rings is 2. The predicted octanol–water partition coefficient (Wildman–Crippen LogP) is 3.87. The van der Waals surface area contributed by atoms with Crippen LogP contribution in [0.15, 0.2) is 88.5 Å². The van der Waals surface area contributed by atoms with Gasteiger partial charge in [-0.1, -0.05) is 30.3 Å². The molecule has 0 radical (unpaired) electrons. The van der Waals surface area contributed by atoms with Gasteiger partial charge in [-0.3, -0.25) is 14.6 Å². The highest BCUT2D eigenvalue weighted by atomic mass is 16.3. The molecule has 0 saturated carbocycles. The first-order valence-corrected chi connectivity index (χ1v) is 8.76. The number of carbonyl (C=O) groups is 1. The molecular formula is C22H17N3O3. The zero-order valence-corrected chi connectivity index (χ0v) is 14.9. The van der Waals surface area contributed by atoms with Crippen LogP contribution in [0.2, 0.25) is 0 Å². The van der Waals surface area contributed by atoms with Gasteiger partial charge < -0.3 is 14.7 Å². The van der Waals surface area contributed by atoms with Crippen LogP contribution in [0.5, 0.6) is 0 Å². The molecule has 0 atom stereocenters. The molecule has 0 aliphatic rings. The number of anilines is 1. The maximum atomic E-state index is 12.5. The number of benzene rings is 1. The summed E-state index contributed by atoms with van der Waals surface area (Å²) in [5, 5.41) is 2.62. The van der Waals surface area contributed by atoms with E-state index in [9.17, 15) is 9.59 Å². The van der Waals surface area contributed by atoms with Crippen LogP contribution >= 0.6 is 0 Å². The van der Waals surface area contributed by atoms with Gasteiger partial charge in [0.2, 0.25) is 0 Å². The Balaban J connectivity index is 1.52. The van der Waals surface area contributed by atoms with Gasteiger partial charge in [0.25, 0.3) is 11.5 Å². The summed E-state index contributed by atoms with van der Waals surface area (Å²) in [5.74, 6) is 0.354. The molecule has 6 nitrogen and oxygen atoms in total. The molecule has 0 fully saturated rings. The molecule has 0 spiro atoms. The van der Waals surface area contributed by atoms with Crippen molar-refractivity contribution in [3.05, 3.63) is 107 Å². The zero-order chi connectivity index (χ0) is 19.3. The van der Waals surface area contributed by atoms with Gasteiger partial charge in [-0.2, -0.15) is 0 Å². The van der Waals surface area contributed by atoms with Gasteiger partial charge in [0, 0.05) is 30.6 Å². The number of amides is 1. The quantitative estimate of drug-likeness (QED) is 0.557. The minimum atomic E-state index is -0.475. The van der Waals surface area contributed by atoms with E-state index in [-0.39, 0.29) is 17.0 Å². The fourth-order valence-electron chi connectivity index (χ4n) is 2.86. The number of nitrogens with one attached hydrogen (secondary N) is 2. The van der Waals surface area contributed by atoms with Crippen molar-refractivity contribution in [3.63, 3.8) is 0 Å². The highest BCUT2D eigenvalue weighted by Gasteiger charge is 2.14. The van der Waals surface area contributed by atoms with E-state index in [1.165, 1.54) is 0 Å². The van der Waals surface area contributed by atoms with Crippen molar-refractivity contribution >= 4 is 11.6 Å². The summed E-state index contributed by atoms with van der Waals surface area (Å²) in [6.07, 6.45) is 5.51. The van der Waals surface area contributed by atoms with Crippen molar-refractivity contribution in [2.24, 2.45) is 0 Å². The molecule has 0 bridgehead atoms.